The van der Waals surface area contributed by atoms with Gasteiger partial charge in [-0.25, -0.2) is 9.59 Å². The maximum absolute atomic E-state index is 13.1. The van der Waals surface area contributed by atoms with Gasteiger partial charge in [-0.2, -0.15) is 0 Å². The van der Waals surface area contributed by atoms with E-state index < -0.39 is 133 Å². The summed E-state index contributed by atoms with van der Waals surface area (Å²) in [6.45, 7) is 1.64. The molecule has 0 aliphatic heterocycles. The van der Waals surface area contributed by atoms with Crippen LogP contribution in [-0.4, -0.2) is 141 Å². The Hall–Kier alpha value is -11.1. The van der Waals surface area contributed by atoms with Crippen molar-refractivity contribution >= 4 is 71.1 Å². The minimum atomic E-state index is -1.77. The van der Waals surface area contributed by atoms with Crippen LogP contribution in [0.25, 0.3) is 0 Å². The first kappa shape index (κ1) is 63.7. The fourth-order valence-electron chi connectivity index (χ4n) is 7.58. The summed E-state index contributed by atoms with van der Waals surface area (Å²) in [5.74, 6) is -0.214. The number of aliphatic carboxylic acids is 4. The van der Waals surface area contributed by atoms with Crippen LogP contribution in [0, 0.1) is 23.7 Å². The second kappa shape index (κ2) is 31.6. The highest BCUT2D eigenvalue weighted by atomic mass is 16.4. The Morgan fingerprint density at radius 1 is 0.369 bits per heavy atom. The topological polar surface area (TPSA) is 382 Å². The smallest absolute Gasteiger partial charge is 0.326 e. The minimum absolute atomic E-state index is 0.0843. The molecule has 0 heterocycles. The van der Waals surface area contributed by atoms with E-state index in [1.165, 1.54) is 38.1 Å². The molecule has 24 heteroatoms. The Balaban J connectivity index is 1.05. The number of carboxylic acid groups (broad SMARTS) is 4. The normalized spacial score (nSPS) is 12.5. The monoisotopic (exact) mass is 1150 g/mol. The van der Waals surface area contributed by atoms with Gasteiger partial charge in [-0.3, -0.25) is 47.9 Å². The van der Waals surface area contributed by atoms with E-state index in [4.69, 9.17) is 10.2 Å². The first-order valence-corrected chi connectivity index (χ1v) is 25.7. The summed E-state index contributed by atoms with van der Waals surface area (Å²) in [6.07, 6.45) is -1.98. The first-order valence-electron chi connectivity index (χ1n) is 25.7. The van der Waals surface area contributed by atoms with Gasteiger partial charge in [-0.15, -0.1) is 0 Å². The highest BCUT2D eigenvalue weighted by molar-refractivity contribution is 5.99. The molecule has 5 rings (SSSR count). The SMILES string of the molecule is C[C@H](NC(=O)CNC(=O)c1ccc(C#Cc2ccc(C#Cc3ccc(C(=O)NCC(=O)N[C@@H](C)C(=O)N[C@@H](Cc4ccccc4)C(=O)N[C@@H](CC(=O)O)C(=O)O)cc3)cc2)cc1)C(=O)N[C@@H](Cc1ccccc1)C(=O)N[C@@H](CC(=O)O)C(=O)O. The number of hydrogen-bond acceptors (Lipinski definition) is 12. The van der Waals surface area contributed by atoms with Gasteiger partial charge in [0, 0.05) is 46.2 Å². The third-order valence-electron chi connectivity index (χ3n) is 12.1. The highest BCUT2D eigenvalue weighted by Gasteiger charge is 2.32. The molecule has 8 amide bonds. The summed E-state index contributed by atoms with van der Waals surface area (Å²) >= 11 is 0. The molecule has 12 N–H and O–H groups in total. The molecule has 0 aliphatic rings. The predicted octanol–water partition coefficient (Wildman–Crippen LogP) is 0.498. The van der Waals surface area contributed by atoms with Crippen molar-refractivity contribution in [2.45, 2.75) is 75.8 Å². The van der Waals surface area contributed by atoms with E-state index >= 15 is 0 Å². The largest absolute Gasteiger partial charge is 0.481 e. The summed E-state index contributed by atoms with van der Waals surface area (Å²) in [5, 5.41) is 55.9. The van der Waals surface area contributed by atoms with Gasteiger partial charge in [0.15, 0.2) is 0 Å². The number of carbonyl (C=O) groups excluding carboxylic acids is 8. The average Bonchev–Trinajstić information content (AvgIpc) is 3.62. The Kier molecular flexibility index (Phi) is 24.0. The Morgan fingerprint density at radius 3 is 0.940 bits per heavy atom. The van der Waals surface area contributed by atoms with Gasteiger partial charge < -0.3 is 63.0 Å². The maximum atomic E-state index is 13.1. The molecule has 0 radical (unpaired) electrons. The third-order valence-corrected chi connectivity index (χ3v) is 12.1. The Labute approximate surface area is 480 Å². The van der Waals surface area contributed by atoms with E-state index in [-0.39, 0.29) is 24.0 Å². The molecule has 5 aromatic carbocycles. The second-order valence-electron chi connectivity index (χ2n) is 18.7. The lowest BCUT2D eigenvalue weighted by Crippen LogP contribution is -2.56. The van der Waals surface area contributed by atoms with Gasteiger partial charge in [-0.1, -0.05) is 84.3 Å². The molecule has 0 saturated carbocycles. The quantitative estimate of drug-likeness (QED) is 0.0336. The summed E-state index contributed by atoms with van der Waals surface area (Å²) in [6, 6.07) is 27.8. The fraction of sp³-hybridized carbons (Fsp3) is 0.233. The summed E-state index contributed by atoms with van der Waals surface area (Å²) in [4.78, 5) is 149. The van der Waals surface area contributed by atoms with Crippen molar-refractivity contribution in [3.63, 3.8) is 0 Å². The molecule has 0 aliphatic carbocycles. The van der Waals surface area contributed by atoms with Gasteiger partial charge in [-0.05, 0) is 97.8 Å². The number of benzene rings is 5. The number of hydrogen-bond donors (Lipinski definition) is 12. The third kappa shape index (κ3) is 21.5. The van der Waals surface area contributed by atoms with Crippen LogP contribution in [0.4, 0.5) is 0 Å². The predicted molar refractivity (Wildman–Crippen MR) is 299 cm³/mol. The number of rotatable bonds is 26. The van der Waals surface area contributed by atoms with Crippen LogP contribution in [0.15, 0.2) is 133 Å². The van der Waals surface area contributed by atoms with E-state index in [1.807, 2.05) is 0 Å². The van der Waals surface area contributed by atoms with Crippen molar-refractivity contribution in [3.8, 4) is 23.7 Å². The summed E-state index contributed by atoms with van der Waals surface area (Å²) in [7, 11) is 0. The van der Waals surface area contributed by atoms with E-state index in [1.54, 1.807) is 109 Å². The number of carboxylic acids is 4. The second-order valence-corrected chi connectivity index (χ2v) is 18.7. The van der Waals surface area contributed by atoms with Crippen LogP contribution in [-0.2, 0) is 60.8 Å². The molecule has 24 nitrogen and oxygen atoms in total. The molecule has 84 heavy (non-hydrogen) atoms. The summed E-state index contributed by atoms with van der Waals surface area (Å²) < 4.78 is 0. The van der Waals surface area contributed by atoms with Crippen molar-refractivity contribution in [1.29, 1.82) is 0 Å². The Morgan fingerprint density at radius 2 is 0.655 bits per heavy atom. The molecule has 5 aromatic rings. The zero-order valence-corrected chi connectivity index (χ0v) is 45.1. The van der Waals surface area contributed by atoms with E-state index in [0.29, 0.717) is 33.4 Å². The van der Waals surface area contributed by atoms with Crippen molar-refractivity contribution < 1.29 is 78.0 Å². The van der Waals surface area contributed by atoms with Crippen LogP contribution in [0.1, 0.15) is 80.8 Å². The van der Waals surface area contributed by atoms with Gasteiger partial charge in [0.2, 0.25) is 35.4 Å². The lowest BCUT2D eigenvalue weighted by atomic mass is 10.0. The van der Waals surface area contributed by atoms with Crippen molar-refractivity contribution in [1.82, 2.24) is 42.5 Å². The van der Waals surface area contributed by atoms with Crippen LogP contribution in [0.3, 0.4) is 0 Å². The van der Waals surface area contributed by atoms with Crippen molar-refractivity contribution in [2.24, 2.45) is 0 Å². The van der Waals surface area contributed by atoms with Crippen molar-refractivity contribution in [2.75, 3.05) is 13.1 Å². The molecule has 0 spiro atoms. The fourth-order valence-corrected chi connectivity index (χ4v) is 7.58. The van der Waals surface area contributed by atoms with Crippen LogP contribution in [0.2, 0.25) is 0 Å². The maximum Gasteiger partial charge on any atom is 0.326 e. The zero-order chi connectivity index (χ0) is 61.3. The lowest BCUT2D eigenvalue weighted by molar-refractivity contribution is -0.147. The molecule has 6 atom stereocenters. The molecule has 434 valence electrons. The van der Waals surface area contributed by atoms with Gasteiger partial charge >= 0.3 is 23.9 Å². The average molecular weight is 1150 g/mol. The zero-order valence-electron chi connectivity index (χ0n) is 45.1. The van der Waals surface area contributed by atoms with Gasteiger partial charge in [0.25, 0.3) is 11.8 Å². The standard InChI is InChI=1S/C60H58N8O16/c1-35(53(75)65-45(29-41-9-5-3-6-10-41)57(79)67-47(59(81)82)31-51(71)72)63-49(69)33-61-55(77)43-25-21-39(22-26-43)19-17-37-13-15-38(16-14-37)18-20-40-23-27-44(28-24-40)56(78)62-34-50(70)64-36(2)54(76)66-46(30-42-11-7-4-8-12-42)58(80)68-48(60(83)84)32-52(73)74/h3-16,21-28,35-36,45-48H,29-34H2,1-2H3,(H,61,77)(H,62,78)(H,63,69)(H,64,70)(H,65,75)(H,66,76)(H,67,79)(H,68,80)(H,71,72)(H,73,74)(H,81,82)(H,83,84)/t35-,36-,45-,46-,47-,48-/m0/s1. The van der Waals surface area contributed by atoms with Gasteiger partial charge in [0.05, 0.1) is 25.9 Å². The molecular formula is C60H58N8O16. The molecule has 0 bridgehead atoms. The van der Waals surface area contributed by atoms with Crippen LogP contribution >= 0.6 is 0 Å². The van der Waals surface area contributed by atoms with E-state index in [2.05, 4.69) is 66.2 Å². The number of nitrogens with one attached hydrogen (secondary N) is 8. The van der Waals surface area contributed by atoms with E-state index in [0.717, 1.165) is 0 Å². The van der Waals surface area contributed by atoms with Gasteiger partial charge in [0.1, 0.15) is 36.3 Å². The van der Waals surface area contributed by atoms with Crippen LogP contribution < -0.4 is 42.5 Å². The Bertz CT molecular complexity index is 3150. The first-order chi connectivity index (χ1) is 40.0. The summed E-state index contributed by atoms with van der Waals surface area (Å²) in [5.41, 5.74) is 4.11. The molecular weight excluding hydrogens is 1090 g/mol. The molecule has 0 saturated heterocycles. The highest BCUT2D eigenvalue weighted by Crippen LogP contribution is 2.10. The van der Waals surface area contributed by atoms with Crippen molar-refractivity contribution in [3.05, 3.63) is 178 Å². The van der Waals surface area contributed by atoms with Crippen LogP contribution in [0.5, 0.6) is 0 Å². The lowest BCUT2D eigenvalue weighted by Gasteiger charge is -2.23. The number of carbonyl (C=O) groups is 12. The molecule has 0 aromatic heterocycles. The number of amides is 8. The van der Waals surface area contributed by atoms with E-state index in [9.17, 15) is 67.7 Å². The molecule has 0 unspecified atom stereocenters. The minimum Gasteiger partial charge on any atom is -0.481 e. The molecule has 0 fully saturated rings.